The fraction of sp³-hybridized carbons (Fsp3) is 0.391. The SMILES string of the molecule is CC1(C)CCC(NCc2cccc(-c3ccc(-c4nc[nH]n4)cc3F)c2F)CC1.Cl. The van der Waals surface area contributed by atoms with Gasteiger partial charge >= 0.3 is 0 Å². The van der Waals surface area contributed by atoms with E-state index in [1.807, 2.05) is 0 Å². The molecule has 0 unspecified atom stereocenters. The molecule has 0 saturated heterocycles. The van der Waals surface area contributed by atoms with Crippen LogP contribution < -0.4 is 5.32 Å². The summed E-state index contributed by atoms with van der Waals surface area (Å²) in [6, 6.07) is 10.2. The van der Waals surface area contributed by atoms with E-state index in [0.717, 1.165) is 12.8 Å². The Morgan fingerprint density at radius 3 is 2.53 bits per heavy atom. The second-order valence-electron chi connectivity index (χ2n) is 8.62. The minimum Gasteiger partial charge on any atom is -0.310 e. The van der Waals surface area contributed by atoms with Crippen molar-refractivity contribution in [3.63, 3.8) is 0 Å². The summed E-state index contributed by atoms with van der Waals surface area (Å²) in [5, 5.41) is 10.0. The van der Waals surface area contributed by atoms with Crippen molar-refractivity contribution in [3.8, 4) is 22.5 Å². The molecule has 1 saturated carbocycles. The zero-order valence-corrected chi connectivity index (χ0v) is 18.0. The van der Waals surface area contributed by atoms with Crippen LogP contribution in [0.2, 0.25) is 0 Å². The molecule has 3 aromatic rings. The smallest absolute Gasteiger partial charge is 0.180 e. The van der Waals surface area contributed by atoms with Crippen LogP contribution in [0.25, 0.3) is 22.5 Å². The second-order valence-corrected chi connectivity index (χ2v) is 8.62. The summed E-state index contributed by atoms with van der Waals surface area (Å²) in [5.74, 6) is -0.462. The van der Waals surface area contributed by atoms with E-state index in [1.54, 1.807) is 30.3 Å². The van der Waals surface area contributed by atoms with Gasteiger partial charge in [-0.05, 0) is 37.2 Å². The number of rotatable bonds is 5. The molecule has 1 aliphatic carbocycles. The number of nitrogens with zero attached hydrogens (tertiary/aromatic N) is 2. The van der Waals surface area contributed by atoms with Gasteiger partial charge in [-0.2, -0.15) is 5.10 Å². The van der Waals surface area contributed by atoms with Gasteiger partial charge in [-0.3, -0.25) is 5.10 Å². The first kappa shape index (κ1) is 22.4. The highest BCUT2D eigenvalue weighted by Crippen LogP contribution is 2.35. The van der Waals surface area contributed by atoms with E-state index in [1.165, 1.54) is 25.2 Å². The number of aromatic amines is 1. The average molecular weight is 433 g/mol. The van der Waals surface area contributed by atoms with Crippen molar-refractivity contribution < 1.29 is 8.78 Å². The van der Waals surface area contributed by atoms with Crippen LogP contribution in [0.1, 0.15) is 45.1 Å². The van der Waals surface area contributed by atoms with Crippen molar-refractivity contribution in [2.75, 3.05) is 0 Å². The van der Waals surface area contributed by atoms with E-state index in [4.69, 9.17) is 0 Å². The first-order valence-corrected chi connectivity index (χ1v) is 10.1. The quantitative estimate of drug-likeness (QED) is 0.528. The Morgan fingerprint density at radius 2 is 1.87 bits per heavy atom. The second kappa shape index (κ2) is 9.23. The molecule has 1 heterocycles. The van der Waals surface area contributed by atoms with Crippen LogP contribution in [0.3, 0.4) is 0 Å². The Kier molecular flexibility index (Phi) is 6.88. The monoisotopic (exact) mass is 432 g/mol. The van der Waals surface area contributed by atoms with Crippen molar-refractivity contribution in [1.82, 2.24) is 20.5 Å². The van der Waals surface area contributed by atoms with E-state index < -0.39 is 5.82 Å². The average Bonchev–Trinajstić information content (AvgIpc) is 3.23. The molecule has 7 heteroatoms. The summed E-state index contributed by atoms with van der Waals surface area (Å²) in [6.07, 6.45) is 5.99. The van der Waals surface area contributed by atoms with Gasteiger partial charge in [0.1, 0.15) is 18.0 Å². The molecule has 4 rings (SSSR count). The van der Waals surface area contributed by atoms with Gasteiger partial charge in [0.2, 0.25) is 0 Å². The topological polar surface area (TPSA) is 53.6 Å². The van der Waals surface area contributed by atoms with Gasteiger partial charge in [-0.1, -0.05) is 44.2 Å². The molecule has 0 bridgehead atoms. The highest BCUT2D eigenvalue weighted by molar-refractivity contribution is 5.85. The van der Waals surface area contributed by atoms with Crippen LogP contribution >= 0.6 is 12.4 Å². The molecule has 4 nitrogen and oxygen atoms in total. The van der Waals surface area contributed by atoms with Crippen LogP contribution in [0, 0.1) is 17.0 Å². The molecule has 0 spiro atoms. The van der Waals surface area contributed by atoms with Crippen LogP contribution in [0.15, 0.2) is 42.7 Å². The zero-order valence-electron chi connectivity index (χ0n) is 17.2. The largest absolute Gasteiger partial charge is 0.310 e. The lowest BCUT2D eigenvalue weighted by Gasteiger charge is -2.34. The van der Waals surface area contributed by atoms with Gasteiger partial charge in [-0.15, -0.1) is 12.4 Å². The summed E-state index contributed by atoms with van der Waals surface area (Å²) in [7, 11) is 0. The van der Waals surface area contributed by atoms with Gasteiger partial charge in [0.05, 0.1) is 0 Å². The van der Waals surface area contributed by atoms with Crippen molar-refractivity contribution in [3.05, 3.63) is 59.9 Å². The first-order chi connectivity index (χ1) is 13.9. The normalized spacial score (nSPS) is 16.3. The van der Waals surface area contributed by atoms with E-state index >= 15 is 4.39 Å². The maximum atomic E-state index is 15.2. The Hall–Kier alpha value is -2.31. The molecular weight excluding hydrogens is 406 g/mol. The lowest BCUT2D eigenvalue weighted by atomic mass is 9.75. The van der Waals surface area contributed by atoms with Crippen LogP contribution in [-0.4, -0.2) is 21.2 Å². The van der Waals surface area contributed by atoms with Gasteiger partial charge < -0.3 is 5.32 Å². The Morgan fingerprint density at radius 1 is 1.10 bits per heavy atom. The number of hydrogen-bond acceptors (Lipinski definition) is 3. The van der Waals surface area contributed by atoms with Crippen molar-refractivity contribution >= 4 is 12.4 Å². The molecule has 2 aromatic carbocycles. The molecule has 0 amide bonds. The Labute approximate surface area is 181 Å². The van der Waals surface area contributed by atoms with E-state index in [-0.39, 0.29) is 29.4 Å². The standard InChI is InChI=1S/C23H26F2N4.ClH/c1-23(2)10-8-17(9-11-23)26-13-16-4-3-5-19(21(16)25)18-7-6-15(12-20(18)24)22-27-14-28-29-22;/h3-7,12,14,17,26H,8-11,13H2,1-2H3,(H,27,28,29);1H. The summed E-state index contributed by atoms with van der Waals surface area (Å²) < 4.78 is 29.9. The number of halogens is 3. The van der Waals surface area contributed by atoms with E-state index in [0.29, 0.717) is 35.0 Å². The molecule has 0 aliphatic heterocycles. The highest BCUT2D eigenvalue weighted by atomic mass is 35.5. The minimum absolute atomic E-state index is 0. The number of benzene rings is 2. The zero-order chi connectivity index (χ0) is 20.4. The summed E-state index contributed by atoms with van der Waals surface area (Å²) in [5.41, 5.74) is 2.02. The third-order valence-corrected chi connectivity index (χ3v) is 5.93. The molecule has 1 aliphatic rings. The van der Waals surface area contributed by atoms with Crippen molar-refractivity contribution in [2.45, 2.75) is 52.1 Å². The lowest BCUT2D eigenvalue weighted by Crippen LogP contribution is -2.35. The van der Waals surface area contributed by atoms with Gasteiger partial charge in [-0.25, -0.2) is 13.8 Å². The van der Waals surface area contributed by atoms with Gasteiger partial charge in [0, 0.05) is 34.8 Å². The van der Waals surface area contributed by atoms with Crippen molar-refractivity contribution in [2.24, 2.45) is 5.41 Å². The molecule has 0 atom stereocenters. The van der Waals surface area contributed by atoms with Gasteiger partial charge in [0.25, 0.3) is 0 Å². The summed E-state index contributed by atoms with van der Waals surface area (Å²) in [4.78, 5) is 4.02. The van der Waals surface area contributed by atoms with Crippen LogP contribution in [0.5, 0.6) is 0 Å². The van der Waals surface area contributed by atoms with E-state index in [2.05, 4.69) is 34.3 Å². The molecular formula is C23H27ClF2N4. The minimum atomic E-state index is -0.495. The first-order valence-electron chi connectivity index (χ1n) is 10.1. The fourth-order valence-corrected chi connectivity index (χ4v) is 4.00. The van der Waals surface area contributed by atoms with Crippen LogP contribution in [-0.2, 0) is 6.54 Å². The summed E-state index contributed by atoms with van der Waals surface area (Å²) >= 11 is 0. The maximum absolute atomic E-state index is 15.2. The number of H-pyrrole nitrogens is 1. The number of nitrogens with one attached hydrogen (secondary N) is 2. The molecule has 2 N–H and O–H groups in total. The molecule has 30 heavy (non-hydrogen) atoms. The van der Waals surface area contributed by atoms with E-state index in [9.17, 15) is 4.39 Å². The van der Waals surface area contributed by atoms with Crippen LogP contribution in [0.4, 0.5) is 8.78 Å². The lowest BCUT2D eigenvalue weighted by molar-refractivity contribution is 0.205. The summed E-state index contributed by atoms with van der Waals surface area (Å²) in [6.45, 7) is 5.05. The highest BCUT2D eigenvalue weighted by Gasteiger charge is 2.26. The fourth-order valence-electron chi connectivity index (χ4n) is 4.00. The molecule has 1 aromatic heterocycles. The number of aromatic nitrogens is 3. The predicted molar refractivity (Wildman–Crippen MR) is 117 cm³/mol. The van der Waals surface area contributed by atoms with Gasteiger partial charge in [0.15, 0.2) is 5.82 Å². The predicted octanol–water partition coefficient (Wildman–Crippen LogP) is 5.90. The number of hydrogen-bond donors (Lipinski definition) is 2. The Bertz CT molecular complexity index is 979. The molecule has 160 valence electrons. The maximum Gasteiger partial charge on any atom is 0.180 e. The third-order valence-electron chi connectivity index (χ3n) is 5.93. The molecule has 1 fully saturated rings. The van der Waals surface area contributed by atoms with Crippen molar-refractivity contribution in [1.29, 1.82) is 0 Å². The third kappa shape index (κ3) is 4.87. The molecule has 0 radical (unpaired) electrons. The Balaban J connectivity index is 0.00000256.